The molecule has 0 radical (unpaired) electrons. The Labute approximate surface area is 213 Å². The zero-order chi connectivity index (χ0) is 27.0. The number of nitrogens with one attached hydrogen (secondary N) is 2. The van der Waals surface area contributed by atoms with Gasteiger partial charge in [0, 0.05) is 63.9 Å². The molecule has 0 spiro atoms. The van der Waals surface area contributed by atoms with Crippen LogP contribution in [-0.4, -0.2) is 85.1 Å². The van der Waals surface area contributed by atoms with Crippen molar-refractivity contribution < 1.29 is 31.2 Å². The molecule has 0 aromatic heterocycles. The van der Waals surface area contributed by atoms with E-state index in [1.807, 2.05) is 6.07 Å². The largest absolute Gasteiger partial charge is 0.350 e. The molecule has 0 saturated carbocycles. The Morgan fingerprint density at radius 1 is 1.22 bits per heavy atom. The summed E-state index contributed by atoms with van der Waals surface area (Å²) in [4.78, 5) is 27.5. The summed E-state index contributed by atoms with van der Waals surface area (Å²) in [6, 6.07) is 3.41. The highest BCUT2D eigenvalue weighted by Gasteiger charge is 2.44. The van der Waals surface area contributed by atoms with E-state index >= 15 is 0 Å². The van der Waals surface area contributed by atoms with E-state index in [0.29, 0.717) is 26.3 Å². The molecule has 1 aromatic carbocycles. The van der Waals surface area contributed by atoms with Gasteiger partial charge in [-0.15, -0.1) is 0 Å². The number of amides is 2. The van der Waals surface area contributed by atoms with Crippen molar-refractivity contribution in [3.63, 3.8) is 0 Å². The van der Waals surface area contributed by atoms with Gasteiger partial charge >= 0.3 is 0 Å². The van der Waals surface area contributed by atoms with Crippen molar-refractivity contribution in [2.45, 2.75) is 44.3 Å². The topological polar surface area (TPSA) is 126 Å². The maximum atomic E-state index is 14.3. The first-order valence-corrected chi connectivity index (χ1v) is 13.4. The summed E-state index contributed by atoms with van der Waals surface area (Å²) in [5, 5.41) is 14.5. The molecule has 14 heteroatoms. The SMILES string of the molecule is CC(F)(F)c1ccc(CNC(=O)[C@H]2CCCN2C(=O)[C@@H]2CN(S(=O)(=O)N3CC(C#N)C3)CCN2)c(F)c1. The van der Waals surface area contributed by atoms with E-state index in [-0.39, 0.29) is 50.7 Å². The predicted molar refractivity (Wildman–Crippen MR) is 126 cm³/mol. The predicted octanol–water partition coefficient (Wildman–Crippen LogP) is 0.519. The van der Waals surface area contributed by atoms with Gasteiger partial charge in [0.15, 0.2) is 0 Å². The molecule has 3 aliphatic rings. The van der Waals surface area contributed by atoms with Gasteiger partial charge in [-0.1, -0.05) is 12.1 Å². The molecule has 2 N–H and O–H groups in total. The molecule has 0 bridgehead atoms. The number of hydrogen-bond acceptors (Lipinski definition) is 6. The van der Waals surface area contributed by atoms with Crippen LogP contribution >= 0.6 is 0 Å². The minimum atomic E-state index is -3.80. The van der Waals surface area contributed by atoms with Gasteiger partial charge in [-0.3, -0.25) is 9.59 Å². The molecule has 0 unspecified atom stereocenters. The number of halogens is 3. The molecule has 202 valence electrons. The summed E-state index contributed by atoms with van der Waals surface area (Å²) in [6.45, 7) is 1.33. The zero-order valence-electron chi connectivity index (χ0n) is 20.3. The van der Waals surface area contributed by atoms with E-state index in [1.54, 1.807) is 0 Å². The van der Waals surface area contributed by atoms with Gasteiger partial charge in [0.05, 0.1) is 12.0 Å². The van der Waals surface area contributed by atoms with Gasteiger partial charge in [-0.05, 0) is 18.9 Å². The Morgan fingerprint density at radius 2 is 1.95 bits per heavy atom. The minimum absolute atomic E-state index is 0.0386. The van der Waals surface area contributed by atoms with E-state index in [0.717, 1.165) is 12.1 Å². The number of carbonyl (C=O) groups excluding carboxylic acids is 2. The first-order valence-electron chi connectivity index (χ1n) is 12.0. The fourth-order valence-electron chi connectivity index (χ4n) is 4.74. The normalized spacial score (nSPS) is 23.9. The van der Waals surface area contributed by atoms with Gasteiger partial charge < -0.3 is 15.5 Å². The van der Waals surface area contributed by atoms with Crippen LogP contribution in [0.5, 0.6) is 0 Å². The zero-order valence-corrected chi connectivity index (χ0v) is 21.1. The van der Waals surface area contributed by atoms with Crippen LogP contribution in [0.2, 0.25) is 0 Å². The standard InChI is InChI=1S/C23H29F3N6O4S/c1-23(25,26)17-5-4-16(18(24)9-17)11-29-21(33)20-3-2-7-32(20)22(34)19-14-30(8-6-28-19)37(35,36)31-12-15(10-27)13-31/h4-5,9,15,19-20,28H,2-3,6-8,11-14H2,1H3,(H,29,33)/t19-,20+/m0/s1. The highest BCUT2D eigenvalue weighted by Crippen LogP contribution is 2.28. The van der Waals surface area contributed by atoms with Crippen molar-refractivity contribution in [2.24, 2.45) is 5.92 Å². The fraction of sp³-hybridized carbons (Fsp3) is 0.609. The number of rotatable bonds is 7. The van der Waals surface area contributed by atoms with Gasteiger partial charge in [0.1, 0.15) is 17.9 Å². The van der Waals surface area contributed by atoms with Crippen LogP contribution in [-0.2, 0) is 32.3 Å². The number of nitriles is 1. The molecule has 2 atom stereocenters. The van der Waals surface area contributed by atoms with Crippen LogP contribution in [0.4, 0.5) is 13.2 Å². The van der Waals surface area contributed by atoms with Crippen LogP contribution < -0.4 is 10.6 Å². The number of alkyl halides is 2. The molecule has 10 nitrogen and oxygen atoms in total. The minimum Gasteiger partial charge on any atom is -0.350 e. The van der Waals surface area contributed by atoms with Crippen LogP contribution in [0.3, 0.4) is 0 Å². The van der Waals surface area contributed by atoms with Crippen molar-refractivity contribution in [2.75, 3.05) is 39.3 Å². The third-order valence-electron chi connectivity index (χ3n) is 6.97. The second-order valence-electron chi connectivity index (χ2n) is 9.62. The maximum Gasteiger partial charge on any atom is 0.282 e. The van der Waals surface area contributed by atoms with Crippen molar-refractivity contribution in [3.8, 4) is 6.07 Å². The first-order chi connectivity index (χ1) is 17.4. The summed E-state index contributed by atoms with van der Waals surface area (Å²) in [5.74, 6) is -5.30. The second kappa shape index (κ2) is 10.6. The van der Waals surface area contributed by atoms with Gasteiger partial charge in [0.25, 0.3) is 16.1 Å². The molecule has 3 saturated heterocycles. The lowest BCUT2D eigenvalue weighted by atomic mass is 10.1. The summed E-state index contributed by atoms with van der Waals surface area (Å²) >= 11 is 0. The fourth-order valence-corrected chi connectivity index (χ4v) is 6.46. The second-order valence-corrected chi connectivity index (χ2v) is 11.5. The van der Waals surface area contributed by atoms with E-state index < -0.39 is 51.4 Å². The highest BCUT2D eigenvalue weighted by molar-refractivity contribution is 7.86. The van der Waals surface area contributed by atoms with E-state index in [1.165, 1.54) is 19.6 Å². The molecule has 37 heavy (non-hydrogen) atoms. The quantitative estimate of drug-likeness (QED) is 0.518. The van der Waals surface area contributed by atoms with Gasteiger partial charge in [0.2, 0.25) is 11.8 Å². The lowest BCUT2D eigenvalue weighted by molar-refractivity contribution is -0.140. The van der Waals surface area contributed by atoms with Crippen LogP contribution in [0, 0.1) is 23.1 Å². The molecular formula is C23H29F3N6O4S. The Balaban J connectivity index is 1.36. The molecule has 2 amide bonds. The average Bonchev–Trinajstić information content (AvgIpc) is 3.31. The number of likely N-dealkylation sites (tertiary alicyclic amines) is 1. The molecule has 3 heterocycles. The summed E-state index contributed by atoms with van der Waals surface area (Å²) in [5.41, 5.74) is -0.431. The van der Waals surface area contributed by atoms with E-state index in [4.69, 9.17) is 5.26 Å². The van der Waals surface area contributed by atoms with Crippen molar-refractivity contribution >= 4 is 22.0 Å². The third kappa shape index (κ3) is 5.74. The lowest BCUT2D eigenvalue weighted by Crippen LogP contribution is -2.63. The molecular weight excluding hydrogens is 513 g/mol. The molecule has 3 fully saturated rings. The van der Waals surface area contributed by atoms with Gasteiger partial charge in [-0.25, -0.2) is 13.2 Å². The Hall–Kier alpha value is -2.73. The Kier molecular flexibility index (Phi) is 7.80. The molecule has 0 aliphatic carbocycles. The van der Waals surface area contributed by atoms with Crippen molar-refractivity contribution in [1.29, 1.82) is 5.26 Å². The number of piperazine rings is 1. The van der Waals surface area contributed by atoms with Crippen molar-refractivity contribution in [3.05, 3.63) is 35.1 Å². The maximum absolute atomic E-state index is 14.3. The monoisotopic (exact) mass is 542 g/mol. The van der Waals surface area contributed by atoms with Crippen molar-refractivity contribution in [1.82, 2.24) is 24.1 Å². The summed E-state index contributed by atoms with van der Waals surface area (Å²) < 4.78 is 69.3. The number of hydrogen-bond donors (Lipinski definition) is 2. The Bertz CT molecular complexity index is 1200. The van der Waals surface area contributed by atoms with E-state index in [2.05, 4.69) is 10.6 Å². The van der Waals surface area contributed by atoms with Crippen LogP contribution in [0.1, 0.15) is 30.9 Å². The van der Waals surface area contributed by atoms with Crippen LogP contribution in [0.15, 0.2) is 18.2 Å². The summed E-state index contributed by atoms with van der Waals surface area (Å²) in [7, 11) is -3.80. The van der Waals surface area contributed by atoms with Gasteiger partial charge in [-0.2, -0.15) is 22.3 Å². The average molecular weight is 543 g/mol. The lowest BCUT2D eigenvalue weighted by Gasteiger charge is -2.41. The van der Waals surface area contributed by atoms with E-state index in [9.17, 15) is 31.2 Å². The molecule has 4 rings (SSSR count). The number of benzene rings is 1. The highest BCUT2D eigenvalue weighted by atomic mass is 32.2. The number of carbonyl (C=O) groups is 2. The smallest absolute Gasteiger partial charge is 0.282 e. The number of nitrogens with zero attached hydrogens (tertiary/aromatic N) is 4. The Morgan fingerprint density at radius 3 is 2.59 bits per heavy atom. The third-order valence-corrected chi connectivity index (χ3v) is 8.91. The summed E-state index contributed by atoms with van der Waals surface area (Å²) in [6.07, 6.45) is 0.954. The van der Waals surface area contributed by atoms with Crippen LogP contribution in [0.25, 0.3) is 0 Å². The molecule has 3 aliphatic heterocycles. The molecule has 1 aromatic rings. The first kappa shape index (κ1) is 27.3.